The highest BCUT2D eigenvalue weighted by atomic mass is 19.1. The summed E-state index contributed by atoms with van der Waals surface area (Å²) in [6.45, 7) is 30.7. The Morgan fingerprint density at radius 3 is 1.64 bits per heavy atom. The van der Waals surface area contributed by atoms with E-state index in [2.05, 4.69) is 71.5 Å². The second kappa shape index (κ2) is 55.6. The third kappa shape index (κ3) is 35.2. The number of esters is 1. The van der Waals surface area contributed by atoms with Crippen molar-refractivity contribution in [2.45, 2.75) is 214 Å². The molecule has 9 rings (SSSR count). The number of rotatable bonds is 63. The second-order valence-electron chi connectivity index (χ2n) is 38.3. The Labute approximate surface area is 783 Å². The zero-order chi connectivity index (χ0) is 95.8. The van der Waals surface area contributed by atoms with Crippen LogP contribution in [0.25, 0.3) is 16.9 Å². The summed E-state index contributed by atoms with van der Waals surface area (Å²) in [5, 5.41) is 33.9. The van der Waals surface area contributed by atoms with E-state index in [1.165, 1.54) is 80.8 Å². The summed E-state index contributed by atoms with van der Waals surface area (Å²) in [4.78, 5) is 113. The number of piperazine rings is 1. The molecule has 7 amide bonds. The molecule has 746 valence electrons. The van der Waals surface area contributed by atoms with Gasteiger partial charge in [-0.1, -0.05) is 79.9 Å². The number of carbonyl (C=O) groups excluding carboxylic acids is 8. The fourth-order valence-corrected chi connectivity index (χ4v) is 19.7. The van der Waals surface area contributed by atoms with E-state index in [9.17, 15) is 42.7 Å². The number of benzene rings is 1. The summed E-state index contributed by atoms with van der Waals surface area (Å²) < 4.78 is 89.6. The minimum Gasteiger partial charge on any atom is -0.462 e. The van der Waals surface area contributed by atoms with Crippen molar-refractivity contribution in [3.63, 3.8) is 0 Å². The molecule has 4 heterocycles. The van der Waals surface area contributed by atoms with Crippen molar-refractivity contribution in [1.82, 2.24) is 66.0 Å². The summed E-state index contributed by atoms with van der Waals surface area (Å²) in [6, 6.07) is 5.99. The molecule has 133 heavy (non-hydrogen) atoms. The van der Waals surface area contributed by atoms with E-state index in [0.717, 1.165) is 65.9 Å². The van der Waals surface area contributed by atoms with Crippen molar-refractivity contribution in [3.05, 3.63) is 65.5 Å². The van der Waals surface area contributed by atoms with Gasteiger partial charge in [0.05, 0.1) is 189 Å². The number of amides is 7. The lowest BCUT2D eigenvalue weighted by Gasteiger charge is -2.61. The van der Waals surface area contributed by atoms with Crippen LogP contribution in [0, 0.1) is 63.5 Å². The van der Waals surface area contributed by atoms with Crippen molar-refractivity contribution >= 4 is 58.9 Å². The zero-order valence-electron chi connectivity index (χ0n) is 80.4. The molecule has 3 aromatic heterocycles. The number of halogens is 1. The first-order valence-corrected chi connectivity index (χ1v) is 48.1. The Balaban J connectivity index is 0.491. The van der Waals surface area contributed by atoms with Gasteiger partial charge >= 0.3 is 5.97 Å². The largest absolute Gasteiger partial charge is 0.462 e. The number of nitrogens with two attached hydrogens (primary N) is 2. The minimum absolute atomic E-state index is 0.0199. The number of guanidine groups is 1. The Hall–Kier alpha value is -8.54. The molecule has 5 aliphatic rings. The zero-order valence-corrected chi connectivity index (χ0v) is 80.4. The van der Waals surface area contributed by atoms with Crippen LogP contribution in [0.15, 0.2) is 42.7 Å². The van der Waals surface area contributed by atoms with Gasteiger partial charge in [-0.15, -0.1) is 5.10 Å². The SMILES string of the molecule is CC(C)CCC[C@@H](C)[C@H]1CC[C@H]2[C@@H]3CCC4CC(OC(=O)C[C@H](NC(=O)CCOCCOCCOCCOCCOCCOCCNC(=O)[C@H](CCCNC(=N)N)NC(=O)CCOCCOCCOCCOCCOCCOCCNC(=O)Cn5cc(C(=O)N6CCN(C(=O)c7cn8nc(-c9ccc(F)cc9)cc(C(C)(C)C)c8n7)C(C)(C)C6)nn5)C(N)=O)CC[C@]4(C)[C@H]3CC[C@]12C. The molecule has 4 aromatic rings. The van der Waals surface area contributed by atoms with Gasteiger partial charge in [0.25, 0.3) is 11.8 Å². The average molecular weight is 1870 g/mol. The number of ether oxygens (including phenoxy) is 13. The Bertz CT molecular complexity index is 4250. The molecule has 5 fully saturated rings. The average Bonchev–Trinajstić information content (AvgIpc) is 1.66. The fraction of sp³-hybridized carbons (Fsp3) is 0.758. The molecule has 0 radical (unpaired) electrons. The molecule has 10 N–H and O–H groups in total. The first-order valence-electron chi connectivity index (χ1n) is 48.1. The molecule has 0 bridgehead atoms. The molecular weight excluding hydrogens is 1720 g/mol. The first-order chi connectivity index (χ1) is 63.8. The third-order valence-electron chi connectivity index (χ3n) is 26.7. The topological polar surface area (TPSA) is 460 Å². The number of imidazole rings is 1. The van der Waals surface area contributed by atoms with Crippen LogP contribution in [0.4, 0.5) is 4.39 Å². The summed E-state index contributed by atoms with van der Waals surface area (Å²) in [5.41, 5.74) is 13.6. The van der Waals surface area contributed by atoms with Gasteiger partial charge in [0.15, 0.2) is 17.3 Å². The molecule has 0 spiro atoms. The van der Waals surface area contributed by atoms with E-state index in [4.69, 9.17) is 88.5 Å². The standard InChI is InChI=1S/C95H153FN16O21/c1-66(2)13-11-14-67(3)73-22-23-74-72-21-18-69-59-71(24-28-94(69,9)75(72)25-29-95(73,74)10)133-85(116)61-79(86(97)117)104-83(114)27-36-122-40-44-126-48-52-130-56-58-132-54-50-128-46-42-124-38-32-101-88(118)77(15-12-30-102-91(98)99)103-82(113)26-35-121-39-43-125-47-51-129-55-57-131-53-49-127-45-41-123-37-31-100-84(115)64-110-62-81(106-108-110)89(119)109-33-34-111(93(7,8)65-109)90(120)80-63-112-87(105-80)76(92(4,5)6)60-78(107-112)68-16-19-70(96)20-17-68/h16-17,19-20,60,62-63,66-67,69,71-75,77,79H,11-15,18,21-59,61,64-65H2,1-10H3,(H2,97,117)(H,100,115)(H,101,118)(H,103,113)(H,104,114)(H4,98,99,102)/t67-,69?,71?,72+,73-,74+,75+,77+,79+,94+,95-/m1/s1. The van der Waals surface area contributed by atoms with Gasteiger partial charge in [-0.2, -0.15) is 5.10 Å². The highest BCUT2D eigenvalue weighted by molar-refractivity contribution is 5.95. The lowest BCUT2D eigenvalue weighted by Crippen LogP contribution is -2.62. The number of fused-ring (bicyclic) bond motifs is 6. The molecule has 1 saturated heterocycles. The molecular formula is C95H153FN16O21. The maximum atomic E-state index is 14.1. The van der Waals surface area contributed by atoms with Crippen LogP contribution in [-0.4, -0.2) is 314 Å². The maximum absolute atomic E-state index is 14.1. The van der Waals surface area contributed by atoms with E-state index in [-0.39, 0.29) is 188 Å². The number of primary amides is 1. The monoisotopic (exact) mass is 1870 g/mol. The van der Waals surface area contributed by atoms with Crippen molar-refractivity contribution in [2.75, 3.05) is 198 Å². The van der Waals surface area contributed by atoms with Crippen molar-refractivity contribution in [2.24, 2.45) is 63.7 Å². The van der Waals surface area contributed by atoms with Crippen molar-refractivity contribution < 1.29 is 104 Å². The first kappa shape index (κ1) is 108. The summed E-state index contributed by atoms with van der Waals surface area (Å²) in [7, 11) is 0. The van der Waals surface area contributed by atoms with E-state index < -0.39 is 35.4 Å². The van der Waals surface area contributed by atoms with E-state index in [1.54, 1.807) is 32.6 Å². The number of carbonyl (C=O) groups is 8. The Morgan fingerprint density at radius 1 is 0.564 bits per heavy atom. The summed E-state index contributed by atoms with van der Waals surface area (Å²) in [5.74, 6) is 1.14. The Kier molecular flexibility index (Phi) is 45.2. The van der Waals surface area contributed by atoms with Crippen LogP contribution in [0.3, 0.4) is 0 Å². The number of nitrogens with zero attached hydrogens (tertiary/aromatic N) is 8. The molecule has 38 heteroatoms. The van der Waals surface area contributed by atoms with Crippen LogP contribution in [0.2, 0.25) is 0 Å². The predicted octanol–water partition coefficient (Wildman–Crippen LogP) is 7.15. The van der Waals surface area contributed by atoms with Gasteiger partial charge in [-0.05, 0) is 172 Å². The van der Waals surface area contributed by atoms with Crippen LogP contribution in [0.5, 0.6) is 0 Å². The van der Waals surface area contributed by atoms with Gasteiger partial charge in [0.1, 0.15) is 36.2 Å². The predicted molar refractivity (Wildman–Crippen MR) is 493 cm³/mol. The molecule has 2 unspecified atom stereocenters. The van der Waals surface area contributed by atoms with Crippen molar-refractivity contribution in [1.29, 1.82) is 5.41 Å². The van der Waals surface area contributed by atoms with Gasteiger partial charge in [0.2, 0.25) is 29.5 Å². The van der Waals surface area contributed by atoms with Gasteiger partial charge in [-0.3, -0.25) is 43.8 Å². The number of aromatic nitrogens is 6. The number of nitrogens with one attached hydrogen (secondary N) is 6. The lowest BCUT2D eigenvalue weighted by atomic mass is 9.44. The van der Waals surface area contributed by atoms with Crippen LogP contribution < -0.4 is 38.1 Å². The second-order valence-corrected chi connectivity index (χ2v) is 38.3. The summed E-state index contributed by atoms with van der Waals surface area (Å²) in [6.07, 6.45) is 17.8. The van der Waals surface area contributed by atoms with E-state index >= 15 is 0 Å². The molecule has 11 atom stereocenters. The normalized spacial score (nSPS) is 21.2. The maximum Gasteiger partial charge on any atom is 0.308 e. The quantitative estimate of drug-likeness (QED) is 0.00940. The van der Waals surface area contributed by atoms with Crippen LogP contribution >= 0.6 is 0 Å². The third-order valence-corrected chi connectivity index (χ3v) is 26.7. The fourth-order valence-electron chi connectivity index (χ4n) is 19.7. The molecule has 1 aliphatic heterocycles. The van der Waals surface area contributed by atoms with Crippen molar-refractivity contribution in [3.8, 4) is 11.3 Å². The molecule has 1 aromatic carbocycles. The highest BCUT2D eigenvalue weighted by Gasteiger charge is 2.61. The van der Waals surface area contributed by atoms with E-state index in [0.29, 0.717) is 141 Å². The molecule has 4 aliphatic carbocycles. The summed E-state index contributed by atoms with van der Waals surface area (Å²) >= 11 is 0. The lowest BCUT2D eigenvalue weighted by molar-refractivity contribution is -0.163. The molecule has 4 saturated carbocycles. The number of hydrogen-bond acceptors (Lipinski definition) is 26. The molecule has 37 nitrogen and oxygen atoms in total. The minimum atomic E-state index is -1.17. The van der Waals surface area contributed by atoms with Gasteiger partial charge in [-0.25, -0.2) is 18.6 Å². The highest BCUT2D eigenvalue weighted by Crippen LogP contribution is 2.68. The van der Waals surface area contributed by atoms with E-state index in [1.807, 2.05) is 40.7 Å². The van der Waals surface area contributed by atoms with Gasteiger partial charge < -0.3 is 109 Å². The van der Waals surface area contributed by atoms with Gasteiger partial charge in [0, 0.05) is 63.2 Å². The Morgan fingerprint density at radius 2 is 1.10 bits per heavy atom. The smallest absolute Gasteiger partial charge is 0.308 e. The van der Waals surface area contributed by atoms with Crippen LogP contribution in [-0.2, 0) is 102 Å². The van der Waals surface area contributed by atoms with Crippen LogP contribution in [0.1, 0.15) is 205 Å². The number of hydrogen-bond donors (Lipinski definition) is 8.